The van der Waals surface area contributed by atoms with E-state index in [2.05, 4.69) is 10.3 Å². The van der Waals surface area contributed by atoms with Gasteiger partial charge in [-0.3, -0.25) is 9.59 Å². The fraction of sp³-hybridized carbons (Fsp3) is 0.500. The lowest BCUT2D eigenvalue weighted by Crippen LogP contribution is -2.45. The van der Waals surface area contributed by atoms with Crippen molar-refractivity contribution in [3.8, 4) is 0 Å². The third-order valence-corrected chi connectivity index (χ3v) is 5.01. The van der Waals surface area contributed by atoms with Crippen molar-refractivity contribution in [1.82, 2.24) is 19.9 Å². The van der Waals surface area contributed by atoms with Gasteiger partial charge < -0.3 is 9.64 Å². The second-order valence-corrected chi connectivity index (χ2v) is 7.11. The molecule has 0 aliphatic carbocycles. The molecule has 1 saturated heterocycles. The van der Waals surface area contributed by atoms with E-state index in [-0.39, 0.29) is 48.7 Å². The van der Waals surface area contributed by atoms with Crippen LogP contribution >= 0.6 is 0 Å². The highest BCUT2D eigenvalue weighted by Crippen LogP contribution is 2.32. The summed E-state index contributed by atoms with van der Waals surface area (Å²) in [5.41, 5.74) is -0.679. The summed E-state index contributed by atoms with van der Waals surface area (Å²) in [6.07, 6.45) is -0.660. The number of carbonyl (C=O) groups excluding carboxylic acids is 2. The van der Waals surface area contributed by atoms with Crippen LogP contribution in [0.4, 0.5) is 13.2 Å². The van der Waals surface area contributed by atoms with E-state index in [1.807, 2.05) is 0 Å². The molecule has 1 aliphatic rings. The van der Waals surface area contributed by atoms with E-state index in [4.69, 9.17) is 4.74 Å². The minimum absolute atomic E-state index is 0.0343. The number of amides is 1. The van der Waals surface area contributed by atoms with Crippen LogP contribution in [0.3, 0.4) is 0 Å². The SMILES string of the molecule is CCOC(=O)CC1CCCCN1C(=O)c1cn(Cc2ccccc2C(F)(F)F)nn1. The number of carbonyl (C=O) groups is 2. The Bertz CT molecular complexity index is 897. The first kappa shape index (κ1) is 21.8. The highest BCUT2D eigenvalue weighted by atomic mass is 19.4. The molecule has 162 valence electrons. The van der Waals surface area contributed by atoms with Gasteiger partial charge in [-0.2, -0.15) is 13.2 Å². The molecule has 7 nitrogen and oxygen atoms in total. The normalized spacial score (nSPS) is 17.1. The van der Waals surface area contributed by atoms with Crippen LogP contribution in [0.25, 0.3) is 0 Å². The highest BCUT2D eigenvalue weighted by Gasteiger charge is 2.33. The van der Waals surface area contributed by atoms with Gasteiger partial charge in [0.1, 0.15) is 0 Å². The van der Waals surface area contributed by atoms with Gasteiger partial charge in [0, 0.05) is 12.6 Å². The van der Waals surface area contributed by atoms with Crippen LogP contribution in [0, 0.1) is 0 Å². The van der Waals surface area contributed by atoms with Crippen LogP contribution in [-0.2, 0) is 22.3 Å². The molecule has 0 N–H and O–H groups in total. The van der Waals surface area contributed by atoms with Crippen LogP contribution in [0.1, 0.15) is 54.2 Å². The Morgan fingerprint density at radius 3 is 2.73 bits per heavy atom. The van der Waals surface area contributed by atoms with Crippen molar-refractivity contribution < 1.29 is 27.5 Å². The molecule has 1 aromatic carbocycles. The van der Waals surface area contributed by atoms with Gasteiger partial charge in [0.05, 0.1) is 31.3 Å². The number of esters is 1. The van der Waals surface area contributed by atoms with E-state index in [1.54, 1.807) is 11.8 Å². The minimum Gasteiger partial charge on any atom is -0.466 e. The molecule has 1 aromatic heterocycles. The number of alkyl halides is 3. The number of hydrogen-bond acceptors (Lipinski definition) is 5. The summed E-state index contributed by atoms with van der Waals surface area (Å²) in [7, 11) is 0. The van der Waals surface area contributed by atoms with Crippen LogP contribution in [0.15, 0.2) is 30.5 Å². The van der Waals surface area contributed by atoms with Crippen molar-refractivity contribution >= 4 is 11.9 Å². The van der Waals surface area contributed by atoms with Gasteiger partial charge >= 0.3 is 12.1 Å². The Balaban J connectivity index is 1.74. The maximum Gasteiger partial charge on any atom is 0.416 e. The summed E-state index contributed by atoms with van der Waals surface area (Å²) < 4.78 is 45.8. The molecule has 3 rings (SSSR count). The lowest BCUT2D eigenvalue weighted by molar-refractivity contribution is -0.144. The fourth-order valence-electron chi connectivity index (χ4n) is 3.62. The molecule has 1 atom stereocenters. The first-order chi connectivity index (χ1) is 14.3. The van der Waals surface area contributed by atoms with Crippen molar-refractivity contribution in [1.29, 1.82) is 0 Å². The van der Waals surface area contributed by atoms with E-state index in [0.717, 1.165) is 18.9 Å². The molecule has 0 spiro atoms. The fourth-order valence-corrected chi connectivity index (χ4v) is 3.62. The maximum absolute atomic E-state index is 13.2. The third-order valence-electron chi connectivity index (χ3n) is 5.01. The Morgan fingerprint density at radius 2 is 2.00 bits per heavy atom. The molecule has 0 radical (unpaired) electrons. The molecule has 1 unspecified atom stereocenters. The molecule has 0 bridgehead atoms. The summed E-state index contributed by atoms with van der Waals surface area (Å²) in [6.45, 7) is 2.30. The van der Waals surface area contributed by atoms with Gasteiger partial charge in [-0.25, -0.2) is 4.68 Å². The quantitative estimate of drug-likeness (QED) is 0.665. The molecule has 1 amide bonds. The van der Waals surface area contributed by atoms with E-state index in [0.29, 0.717) is 13.0 Å². The molecule has 2 heterocycles. The summed E-state index contributed by atoms with van der Waals surface area (Å²) in [5, 5.41) is 7.68. The smallest absolute Gasteiger partial charge is 0.416 e. The molecular formula is C20H23F3N4O3. The molecule has 1 fully saturated rings. The lowest BCUT2D eigenvalue weighted by atomic mass is 9.99. The van der Waals surface area contributed by atoms with Crippen LogP contribution < -0.4 is 0 Å². The van der Waals surface area contributed by atoms with Crippen molar-refractivity contribution in [2.75, 3.05) is 13.2 Å². The molecule has 0 saturated carbocycles. The number of rotatable bonds is 6. The minimum atomic E-state index is -4.48. The van der Waals surface area contributed by atoms with Crippen molar-refractivity contribution in [3.63, 3.8) is 0 Å². The van der Waals surface area contributed by atoms with Crippen LogP contribution in [0.5, 0.6) is 0 Å². The first-order valence-electron chi connectivity index (χ1n) is 9.81. The lowest BCUT2D eigenvalue weighted by Gasteiger charge is -2.34. The number of likely N-dealkylation sites (tertiary alicyclic amines) is 1. The predicted molar refractivity (Wildman–Crippen MR) is 100 cm³/mol. The van der Waals surface area contributed by atoms with E-state index in [9.17, 15) is 22.8 Å². The molecule has 10 heteroatoms. The zero-order chi connectivity index (χ0) is 21.7. The van der Waals surface area contributed by atoms with Gasteiger partial charge in [0.2, 0.25) is 0 Å². The average Bonchev–Trinajstić information content (AvgIpc) is 3.16. The zero-order valence-corrected chi connectivity index (χ0v) is 16.6. The number of benzene rings is 1. The van der Waals surface area contributed by atoms with E-state index >= 15 is 0 Å². The second kappa shape index (κ2) is 9.27. The molecule has 2 aromatic rings. The summed E-state index contributed by atoms with van der Waals surface area (Å²) in [4.78, 5) is 26.4. The van der Waals surface area contributed by atoms with Gasteiger partial charge in [-0.15, -0.1) is 5.10 Å². The second-order valence-electron chi connectivity index (χ2n) is 7.11. The molecule has 30 heavy (non-hydrogen) atoms. The van der Waals surface area contributed by atoms with E-state index < -0.39 is 11.7 Å². The van der Waals surface area contributed by atoms with E-state index in [1.165, 1.54) is 29.1 Å². The topological polar surface area (TPSA) is 77.3 Å². The number of hydrogen-bond donors (Lipinski definition) is 0. The Kier molecular flexibility index (Phi) is 6.73. The number of ether oxygens (including phenoxy) is 1. The Labute approximate surface area is 171 Å². The molecular weight excluding hydrogens is 401 g/mol. The summed E-state index contributed by atoms with van der Waals surface area (Å²) in [5.74, 6) is -0.756. The first-order valence-corrected chi connectivity index (χ1v) is 9.81. The van der Waals surface area contributed by atoms with Crippen LogP contribution in [0.2, 0.25) is 0 Å². The third kappa shape index (κ3) is 5.17. The van der Waals surface area contributed by atoms with Gasteiger partial charge in [0.15, 0.2) is 5.69 Å². The number of aromatic nitrogens is 3. The van der Waals surface area contributed by atoms with Gasteiger partial charge in [-0.1, -0.05) is 23.4 Å². The predicted octanol–water partition coefficient (Wildman–Crippen LogP) is 3.29. The molecule has 1 aliphatic heterocycles. The van der Waals surface area contributed by atoms with Gasteiger partial charge in [0.25, 0.3) is 5.91 Å². The largest absolute Gasteiger partial charge is 0.466 e. The maximum atomic E-state index is 13.2. The monoisotopic (exact) mass is 424 g/mol. The van der Waals surface area contributed by atoms with Crippen molar-refractivity contribution in [3.05, 3.63) is 47.3 Å². The average molecular weight is 424 g/mol. The van der Waals surface area contributed by atoms with Crippen LogP contribution in [-0.4, -0.2) is 51.0 Å². The van der Waals surface area contributed by atoms with Crippen molar-refractivity contribution in [2.24, 2.45) is 0 Å². The number of piperidine rings is 1. The van der Waals surface area contributed by atoms with Crippen molar-refractivity contribution in [2.45, 2.75) is 51.4 Å². The number of nitrogens with zero attached hydrogens (tertiary/aromatic N) is 4. The highest BCUT2D eigenvalue weighted by molar-refractivity contribution is 5.92. The summed E-state index contributed by atoms with van der Waals surface area (Å²) in [6, 6.07) is 4.92. The Hall–Kier alpha value is -2.91. The zero-order valence-electron chi connectivity index (χ0n) is 16.6. The van der Waals surface area contributed by atoms with Gasteiger partial charge in [-0.05, 0) is 37.8 Å². The summed E-state index contributed by atoms with van der Waals surface area (Å²) >= 11 is 0. The Morgan fingerprint density at radius 1 is 1.23 bits per heavy atom. The standard InChI is InChI=1S/C20H23F3N4O3/c1-2-30-18(28)11-15-8-5-6-10-27(15)19(29)17-13-26(25-24-17)12-14-7-3-4-9-16(14)20(21,22)23/h3-4,7,9,13,15H,2,5-6,8,10-12H2,1H3. The number of halogens is 3.